The number of aromatic nitrogens is 4. The van der Waals surface area contributed by atoms with Crippen LogP contribution in [0.2, 0.25) is 17.3 Å². The molecule has 4 aromatic heterocycles. The summed E-state index contributed by atoms with van der Waals surface area (Å²) in [6.45, 7) is 17.7. The van der Waals surface area contributed by atoms with Crippen molar-refractivity contribution in [1.82, 2.24) is 19.5 Å². The monoisotopic (exact) mass is 1090 g/mol. The van der Waals surface area contributed by atoms with Crippen molar-refractivity contribution in [2.45, 2.75) is 104 Å². The molecule has 0 amide bonds. The number of imidazole rings is 1. The quantitative estimate of drug-likeness (QED) is 0.112. The minimum atomic E-state index is -2.09. The molecule has 5 nitrogen and oxygen atoms in total. The summed E-state index contributed by atoms with van der Waals surface area (Å²) in [5, 5.41) is 2.16. The van der Waals surface area contributed by atoms with E-state index in [1.54, 1.807) is 18.2 Å². The predicted octanol–water partition coefficient (Wildman–Crippen LogP) is 15.1. The fourth-order valence-corrected chi connectivity index (χ4v) is 12.3. The van der Waals surface area contributed by atoms with E-state index in [1.807, 2.05) is 24.4 Å². The fourth-order valence-electron chi connectivity index (χ4n) is 8.74. The van der Waals surface area contributed by atoms with E-state index in [4.69, 9.17) is 18.5 Å². The van der Waals surface area contributed by atoms with E-state index in [2.05, 4.69) is 168 Å². The molecule has 0 atom stereocenters. The molecule has 0 aliphatic heterocycles. The van der Waals surface area contributed by atoms with Crippen molar-refractivity contribution in [3.63, 3.8) is 0 Å². The SMILES string of the molecule is Cc1nc(C)c2c(nc(-c3[c-]ccc4c3oc3ccccc34)n2-c2c(C(C)C)cc(-c3ccccc3)cc2C(C)C)c1C.[2H]C([2H])([2H])c1c[c-]c(-c2cc(C(C)C)[c]([Ge]([CH3])([CH3])[CH3])cn2)cc1.[Ir]. The second kappa shape index (κ2) is 18.8. The summed E-state index contributed by atoms with van der Waals surface area (Å²) in [5.74, 6) is 8.94. The van der Waals surface area contributed by atoms with E-state index in [0.717, 1.165) is 72.6 Å². The first kappa shape index (κ1) is 42.8. The number of para-hydroxylation sites is 1. The first-order chi connectivity index (χ1) is 31.2. The van der Waals surface area contributed by atoms with Crippen LogP contribution in [0.1, 0.15) is 103 Å². The Kier molecular flexibility index (Phi) is 12.5. The molecule has 9 rings (SSSR count). The van der Waals surface area contributed by atoms with Gasteiger partial charge in [-0.15, -0.1) is 18.2 Å². The molecule has 5 aromatic carbocycles. The molecule has 0 fully saturated rings. The summed E-state index contributed by atoms with van der Waals surface area (Å²) >= 11 is -1.97. The molecule has 64 heavy (non-hydrogen) atoms. The predicted molar refractivity (Wildman–Crippen MR) is 269 cm³/mol. The van der Waals surface area contributed by atoms with Gasteiger partial charge in [-0.05, 0) is 78.6 Å². The largest absolute Gasteiger partial charge is 0 e. The second-order valence-electron chi connectivity index (χ2n) is 18.8. The molecule has 7 heteroatoms. The van der Waals surface area contributed by atoms with E-state index < -0.39 is 20.1 Å². The Morgan fingerprint density at radius 2 is 1.38 bits per heavy atom. The van der Waals surface area contributed by atoms with Crippen molar-refractivity contribution in [2.24, 2.45) is 0 Å². The van der Waals surface area contributed by atoms with Crippen molar-refractivity contribution in [1.29, 1.82) is 0 Å². The third-order valence-corrected chi connectivity index (χ3v) is 16.5. The summed E-state index contributed by atoms with van der Waals surface area (Å²) in [6.07, 6.45) is 2.02. The molecule has 0 bridgehead atoms. The zero-order chi connectivity index (χ0) is 47.4. The Labute approximate surface area is 400 Å². The molecule has 0 unspecified atom stereocenters. The second-order valence-corrected chi connectivity index (χ2v) is 29.4. The van der Waals surface area contributed by atoms with Gasteiger partial charge in [0.2, 0.25) is 0 Å². The number of hydrogen-bond acceptors (Lipinski definition) is 4. The van der Waals surface area contributed by atoms with Crippen LogP contribution >= 0.6 is 0 Å². The topological polar surface area (TPSA) is 56.7 Å². The van der Waals surface area contributed by atoms with Crippen molar-refractivity contribution < 1.29 is 28.6 Å². The van der Waals surface area contributed by atoms with Gasteiger partial charge in [0.05, 0.1) is 28.1 Å². The Balaban J connectivity index is 0.000000236. The van der Waals surface area contributed by atoms with Crippen LogP contribution in [0, 0.1) is 39.8 Å². The molecular formula is C57H60GeIrN4O-2. The van der Waals surface area contributed by atoms with Crippen LogP contribution in [0.3, 0.4) is 0 Å². The Morgan fingerprint density at radius 1 is 0.703 bits per heavy atom. The normalized spacial score (nSPS) is 12.7. The van der Waals surface area contributed by atoms with Crippen LogP contribution in [0.5, 0.6) is 0 Å². The van der Waals surface area contributed by atoms with Crippen LogP contribution < -0.4 is 4.40 Å². The van der Waals surface area contributed by atoms with Gasteiger partial charge in [-0.2, -0.15) is 0 Å². The van der Waals surface area contributed by atoms with Crippen molar-refractivity contribution in [2.75, 3.05) is 0 Å². The van der Waals surface area contributed by atoms with Gasteiger partial charge in [0.1, 0.15) is 5.58 Å². The summed E-state index contributed by atoms with van der Waals surface area (Å²) in [6, 6.07) is 41.5. The minimum Gasteiger partial charge on any atom is 0 e. The van der Waals surface area contributed by atoms with Crippen molar-refractivity contribution in [3.8, 4) is 39.5 Å². The molecule has 0 saturated heterocycles. The number of rotatable bonds is 8. The first-order valence-electron chi connectivity index (χ1n) is 23.7. The molecule has 9 aromatic rings. The number of fused-ring (bicyclic) bond motifs is 4. The number of furan rings is 1. The van der Waals surface area contributed by atoms with Crippen molar-refractivity contribution >= 4 is 50.6 Å². The molecule has 0 saturated carbocycles. The average molecular weight is 1080 g/mol. The van der Waals surface area contributed by atoms with Crippen LogP contribution in [-0.4, -0.2) is 32.8 Å². The summed E-state index contributed by atoms with van der Waals surface area (Å²) in [5.41, 5.74) is 17.1. The summed E-state index contributed by atoms with van der Waals surface area (Å²) < 4.78 is 32.7. The Hall–Kier alpha value is -5.14. The number of nitrogens with zero attached hydrogens (tertiary/aromatic N) is 4. The molecule has 1 radical (unpaired) electrons. The van der Waals surface area contributed by atoms with Gasteiger partial charge >= 0.3 is 130 Å². The number of benzene rings is 5. The van der Waals surface area contributed by atoms with E-state index >= 15 is 0 Å². The standard InChI is InChI=1S/C39H36N3O.C18H24GeN.Ir/c1-22(2)32-20-28(27-14-9-8-10-15-27)21-33(23(3)4)37(32)42-36-26(7)40-25(6)24(5)35(36)41-39(42)31-18-13-17-30-29-16-11-12-19-34(29)43-38(30)31;1-13(2)16-11-18(15-9-7-14(3)8-10-15)20-12-17(16)19(4,5)6;/h8-17,19-23H,1-7H3;7-9,11-13H,1-6H3;/q2*-1;/i;3D3;. The zero-order valence-electron chi connectivity index (χ0n) is 42.2. The number of aryl methyl sites for hydroxylation is 4. The average Bonchev–Trinajstić information content (AvgIpc) is 3.87. The molecule has 4 heterocycles. The van der Waals surface area contributed by atoms with Gasteiger partial charge in [0.25, 0.3) is 0 Å². The van der Waals surface area contributed by atoms with Gasteiger partial charge in [-0.3, -0.25) is 9.97 Å². The van der Waals surface area contributed by atoms with Gasteiger partial charge in [-0.25, -0.2) is 0 Å². The third-order valence-electron chi connectivity index (χ3n) is 12.2. The van der Waals surface area contributed by atoms with E-state index in [-0.39, 0.29) is 31.9 Å². The molecule has 329 valence electrons. The zero-order valence-corrected chi connectivity index (χ0v) is 43.6. The van der Waals surface area contributed by atoms with Gasteiger partial charge in [0.15, 0.2) is 0 Å². The summed E-state index contributed by atoms with van der Waals surface area (Å²) in [7, 11) is 0. The summed E-state index contributed by atoms with van der Waals surface area (Å²) in [4.78, 5) is 15.1. The molecule has 0 aliphatic carbocycles. The minimum absolute atomic E-state index is 0. The van der Waals surface area contributed by atoms with Crippen molar-refractivity contribution in [3.05, 3.63) is 161 Å². The van der Waals surface area contributed by atoms with Gasteiger partial charge < -0.3 is 8.98 Å². The smallest absolute Gasteiger partial charge is 0 e. The Morgan fingerprint density at radius 3 is 2.00 bits per heavy atom. The Bertz CT molecular complexity index is 3210. The third kappa shape index (κ3) is 8.94. The van der Waals surface area contributed by atoms with Crippen LogP contribution in [-0.2, 0) is 20.1 Å². The van der Waals surface area contributed by atoms with E-state index in [1.165, 1.54) is 37.9 Å². The van der Waals surface area contributed by atoms with E-state index in [9.17, 15) is 0 Å². The van der Waals surface area contributed by atoms with Gasteiger partial charge in [0, 0.05) is 36.9 Å². The molecule has 0 aliphatic rings. The van der Waals surface area contributed by atoms with Gasteiger partial charge in [-0.1, -0.05) is 87.2 Å². The molecule has 0 spiro atoms. The number of pyridine rings is 2. The van der Waals surface area contributed by atoms with Crippen LogP contribution in [0.15, 0.2) is 114 Å². The molecule has 0 N–H and O–H groups in total. The maximum Gasteiger partial charge on any atom is 0 e. The van der Waals surface area contributed by atoms with Crippen LogP contribution in [0.25, 0.3) is 72.4 Å². The van der Waals surface area contributed by atoms with Crippen LogP contribution in [0.4, 0.5) is 0 Å². The maximum atomic E-state index is 7.44. The fraction of sp³-hybridized carbons (Fsp3) is 0.281. The van der Waals surface area contributed by atoms with E-state index in [0.29, 0.717) is 11.5 Å². The number of hydrogen-bond donors (Lipinski definition) is 0. The maximum absolute atomic E-state index is 7.44. The molecular weight excluding hydrogens is 1020 g/mol. The first-order valence-corrected chi connectivity index (χ1v) is 29.5.